The monoisotopic (exact) mass is 1120 g/mol. The summed E-state index contributed by atoms with van der Waals surface area (Å²) in [7, 11) is 0. The van der Waals surface area contributed by atoms with E-state index in [1.807, 2.05) is 0 Å². The second-order valence-corrected chi connectivity index (χ2v) is 22.7. The lowest BCUT2D eigenvalue weighted by Gasteiger charge is -2.26. The van der Waals surface area contributed by atoms with Gasteiger partial charge in [-0.1, -0.05) is 279 Å². The Morgan fingerprint density at radius 2 is 0.330 bits per heavy atom. The fourth-order valence-electron chi connectivity index (χ4n) is 13.7. The summed E-state index contributed by atoms with van der Waals surface area (Å²) in [5, 5.41) is 12.2. The first-order chi connectivity index (χ1) is 43.7. The predicted octanol–water partition coefficient (Wildman–Crippen LogP) is 24.4. The van der Waals surface area contributed by atoms with Gasteiger partial charge in [0.25, 0.3) is 0 Å². The molecule has 0 bridgehead atoms. The number of para-hydroxylation sites is 2. The molecule has 0 aliphatic heterocycles. The van der Waals surface area contributed by atoms with Crippen molar-refractivity contribution in [3.05, 3.63) is 352 Å². The molecule has 16 aromatic carbocycles. The number of fused-ring (bicyclic) bond motifs is 5. The van der Waals surface area contributed by atoms with Crippen molar-refractivity contribution >= 4 is 88.0 Å². The zero-order valence-electron chi connectivity index (χ0n) is 48.4. The maximum absolute atomic E-state index is 2.35. The second kappa shape index (κ2) is 22.4. The number of rotatable bonds is 12. The highest BCUT2D eigenvalue weighted by atomic mass is 15.1. The summed E-state index contributed by atoms with van der Waals surface area (Å²) in [5.74, 6) is 0. The van der Waals surface area contributed by atoms with Gasteiger partial charge in [-0.2, -0.15) is 0 Å². The van der Waals surface area contributed by atoms with E-state index in [2.05, 4.69) is 362 Å². The van der Waals surface area contributed by atoms with Crippen LogP contribution in [0.1, 0.15) is 0 Å². The Hall–Kier alpha value is -11.6. The molecular weight excluding hydrogens is 1060 g/mol. The van der Waals surface area contributed by atoms with Gasteiger partial charge in [0, 0.05) is 34.1 Å². The van der Waals surface area contributed by atoms with Crippen molar-refractivity contribution < 1.29 is 0 Å². The van der Waals surface area contributed by atoms with Gasteiger partial charge in [-0.3, -0.25) is 0 Å². The highest BCUT2D eigenvalue weighted by Crippen LogP contribution is 2.50. The SMILES string of the molecule is c1ccc(-c2ccc(N(c3ccccc3)c3ccc(-c4c5ccccc5c(-c5cccc6c(-c7c8ccccc8c(-c8ccc(N(c9ccccc9)c9ccc(-c%10ccccc%10)cc9)cc8)c8ccccc78)cccc56)c5ccccc45)cc3)cc2)cc1. The molecule has 0 heterocycles. The zero-order chi connectivity index (χ0) is 58.3. The third-order valence-electron chi connectivity index (χ3n) is 17.6. The normalized spacial score (nSPS) is 11.4. The van der Waals surface area contributed by atoms with Crippen molar-refractivity contribution in [1.82, 2.24) is 0 Å². The van der Waals surface area contributed by atoms with Crippen molar-refractivity contribution in [3.63, 3.8) is 0 Å². The molecular formula is C86H58N2. The lowest BCUT2D eigenvalue weighted by Crippen LogP contribution is -2.09. The first-order valence-corrected chi connectivity index (χ1v) is 30.3. The molecule has 2 nitrogen and oxygen atoms in total. The van der Waals surface area contributed by atoms with E-state index in [-0.39, 0.29) is 0 Å². The predicted molar refractivity (Wildman–Crippen MR) is 376 cm³/mol. The van der Waals surface area contributed by atoms with E-state index in [9.17, 15) is 0 Å². The summed E-state index contributed by atoms with van der Waals surface area (Å²) >= 11 is 0. The molecule has 0 unspecified atom stereocenters. The number of hydrogen-bond donors (Lipinski definition) is 0. The van der Waals surface area contributed by atoms with Crippen LogP contribution in [0.4, 0.5) is 34.1 Å². The van der Waals surface area contributed by atoms with Crippen LogP contribution in [0.3, 0.4) is 0 Å². The number of hydrogen-bond acceptors (Lipinski definition) is 2. The molecule has 0 saturated heterocycles. The standard InChI is InChI=1S/C86H58N2/c1-5-23-59(24-6-1)61-43-51-67(52-44-61)87(65-27-9-3-10-28-65)69-55-47-63(48-56-69)83-75-31-13-17-35-79(75)85(80-36-18-14-32-76(80)83)73-41-21-40-72-71(73)39-22-42-74(72)86-81-37-19-15-33-77(81)84(78-34-16-20-38-82(78)86)64-49-57-70(58-50-64)88(66-29-11-4-12-30-66)68-53-45-62(46-54-68)60-25-7-2-8-26-60/h1-58H. The van der Waals surface area contributed by atoms with Crippen molar-refractivity contribution in [2.45, 2.75) is 0 Å². The summed E-state index contributed by atoms with van der Waals surface area (Å²) in [6.45, 7) is 0. The van der Waals surface area contributed by atoms with Gasteiger partial charge < -0.3 is 9.80 Å². The van der Waals surface area contributed by atoms with Crippen LogP contribution < -0.4 is 9.80 Å². The molecule has 412 valence electrons. The smallest absolute Gasteiger partial charge is 0.0462 e. The van der Waals surface area contributed by atoms with Gasteiger partial charge in [-0.25, -0.2) is 0 Å². The molecule has 0 fully saturated rings. The molecule has 0 aliphatic carbocycles. The average Bonchev–Trinajstić information content (AvgIpc) is 1.11. The fourth-order valence-corrected chi connectivity index (χ4v) is 13.7. The first kappa shape index (κ1) is 52.0. The average molecular weight is 1120 g/mol. The maximum Gasteiger partial charge on any atom is 0.0462 e. The Morgan fingerprint density at radius 1 is 0.125 bits per heavy atom. The summed E-state index contributed by atoms with van der Waals surface area (Å²) in [4.78, 5) is 4.69. The van der Waals surface area contributed by atoms with Crippen LogP contribution in [0.25, 0.3) is 121 Å². The number of benzene rings is 16. The molecule has 2 heteroatoms. The minimum absolute atomic E-state index is 1.09. The van der Waals surface area contributed by atoms with Crippen LogP contribution in [0, 0.1) is 0 Å². The van der Waals surface area contributed by atoms with Gasteiger partial charge in [-0.15, -0.1) is 0 Å². The summed E-state index contributed by atoms with van der Waals surface area (Å²) in [6.07, 6.45) is 0. The topological polar surface area (TPSA) is 6.48 Å². The van der Waals surface area contributed by atoms with Gasteiger partial charge in [-0.05, 0) is 193 Å². The van der Waals surface area contributed by atoms with E-state index in [1.54, 1.807) is 0 Å². The molecule has 0 aromatic heterocycles. The van der Waals surface area contributed by atoms with E-state index in [0.717, 1.165) is 34.1 Å². The van der Waals surface area contributed by atoms with Crippen LogP contribution in [0.15, 0.2) is 352 Å². The Bertz CT molecular complexity index is 4750. The minimum atomic E-state index is 1.09. The van der Waals surface area contributed by atoms with Crippen LogP contribution in [0.2, 0.25) is 0 Å². The van der Waals surface area contributed by atoms with Crippen LogP contribution in [-0.2, 0) is 0 Å². The van der Waals surface area contributed by atoms with Gasteiger partial charge in [0.2, 0.25) is 0 Å². The van der Waals surface area contributed by atoms with Crippen LogP contribution in [-0.4, -0.2) is 0 Å². The van der Waals surface area contributed by atoms with Crippen LogP contribution >= 0.6 is 0 Å². The highest BCUT2D eigenvalue weighted by molar-refractivity contribution is 6.27. The van der Waals surface area contributed by atoms with Crippen molar-refractivity contribution in [1.29, 1.82) is 0 Å². The number of anilines is 6. The highest BCUT2D eigenvalue weighted by Gasteiger charge is 2.23. The molecule has 0 radical (unpaired) electrons. The van der Waals surface area contributed by atoms with E-state index in [4.69, 9.17) is 0 Å². The largest absolute Gasteiger partial charge is 0.311 e. The number of nitrogens with zero attached hydrogens (tertiary/aromatic N) is 2. The molecule has 0 atom stereocenters. The molecule has 88 heavy (non-hydrogen) atoms. The lowest BCUT2D eigenvalue weighted by molar-refractivity contribution is 1.28. The Morgan fingerprint density at radius 3 is 0.614 bits per heavy atom. The lowest BCUT2D eigenvalue weighted by atomic mass is 9.82. The first-order valence-electron chi connectivity index (χ1n) is 30.3. The Kier molecular flexibility index (Phi) is 13.3. The molecule has 0 saturated carbocycles. The molecule has 16 rings (SSSR count). The van der Waals surface area contributed by atoms with E-state index >= 15 is 0 Å². The summed E-state index contributed by atoms with van der Waals surface area (Å²) in [5.41, 5.74) is 21.1. The van der Waals surface area contributed by atoms with E-state index in [0.29, 0.717) is 0 Å². The van der Waals surface area contributed by atoms with Gasteiger partial charge in [0.15, 0.2) is 0 Å². The summed E-state index contributed by atoms with van der Waals surface area (Å²) in [6, 6.07) is 129. The van der Waals surface area contributed by atoms with Gasteiger partial charge >= 0.3 is 0 Å². The second-order valence-electron chi connectivity index (χ2n) is 22.7. The van der Waals surface area contributed by atoms with Gasteiger partial charge in [0.1, 0.15) is 0 Å². The zero-order valence-corrected chi connectivity index (χ0v) is 48.4. The molecule has 0 aliphatic rings. The third kappa shape index (κ3) is 9.24. The molecule has 0 spiro atoms. The molecule has 0 amide bonds. The van der Waals surface area contributed by atoms with Gasteiger partial charge in [0.05, 0.1) is 0 Å². The Labute approximate surface area is 513 Å². The van der Waals surface area contributed by atoms with E-state index in [1.165, 1.54) is 121 Å². The quantitative estimate of drug-likeness (QED) is 0.113. The molecule has 16 aromatic rings. The van der Waals surface area contributed by atoms with Crippen molar-refractivity contribution in [2.24, 2.45) is 0 Å². The van der Waals surface area contributed by atoms with Crippen molar-refractivity contribution in [3.8, 4) is 66.8 Å². The maximum atomic E-state index is 2.35. The van der Waals surface area contributed by atoms with Crippen LogP contribution in [0.5, 0.6) is 0 Å². The Balaban J connectivity index is 0.797. The van der Waals surface area contributed by atoms with Crippen molar-refractivity contribution in [2.75, 3.05) is 9.80 Å². The fraction of sp³-hybridized carbons (Fsp3) is 0. The van der Waals surface area contributed by atoms with E-state index < -0.39 is 0 Å². The third-order valence-corrected chi connectivity index (χ3v) is 17.6. The summed E-state index contributed by atoms with van der Waals surface area (Å²) < 4.78 is 0. The minimum Gasteiger partial charge on any atom is -0.311 e. The molecule has 0 N–H and O–H groups in total.